The molecule has 7 heteroatoms. The van der Waals surface area contributed by atoms with Gasteiger partial charge in [-0.2, -0.15) is 0 Å². The van der Waals surface area contributed by atoms with Gasteiger partial charge >= 0.3 is 0 Å². The summed E-state index contributed by atoms with van der Waals surface area (Å²) in [5.41, 5.74) is 2.26. The van der Waals surface area contributed by atoms with Gasteiger partial charge in [-0.25, -0.2) is 4.98 Å². The normalized spacial score (nSPS) is 10.7. The molecule has 6 nitrogen and oxygen atoms in total. The van der Waals surface area contributed by atoms with Crippen LogP contribution in [0.1, 0.15) is 24.5 Å². The Labute approximate surface area is 178 Å². The van der Waals surface area contributed by atoms with E-state index in [4.69, 9.17) is 9.47 Å². The molecule has 0 aliphatic heterocycles. The first-order valence-electron chi connectivity index (χ1n) is 8.91. The Kier molecular flexibility index (Phi) is 11.2. The fourth-order valence-corrected chi connectivity index (χ4v) is 2.40. The van der Waals surface area contributed by atoms with Gasteiger partial charge in [0.15, 0.2) is 5.96 Å². The van der Waals surface area contributed by atoms with Crippen molar-refractivity contribution in [2.45, 2.75) is 26.3 Å². The van der Waals surface area contributed by atoms with Gasteiger partial charge in [-0.3, -0.25) is 4.99 Å². The predicted octanol–water partition coefficient (Wildman–Crippen LogP) is 3.40. The van der Waals surface area contributed by atoms with Gasteiger partial charge in [-0.05, 0) is 36.6 Å². The zero-order valence-electron chi connectivity index (χ0n) is 16.2. The number of hydrogen-bond acceptors (Lipinski definition) is 4. The second kappa shape index (κ2) is 13.2. The first-order valence-corrected chi connectivity index (χ1v) is 8.91. The zero-order chi connectivity index (χ0) is 18.6. The predicted molar refractivity (Wildman–Crippen MR) is 120 cm³/mol. The van der Waals surface area contributed by atoms with Crippen LogP contribution < -0.4 is 20.1 Å². The van der Waals surface area contributed by atoms with Crippen molar-refractivity contribution in [2.75, 3.05) is 27.3 Å². The molecule has 2 rings (SSSR count). The summed E-state index contributed by atoms with van der Waals surface area (Å²) in [6, 6.07) is 12.0. The number of hydrogen-bond donors (Lipinski definition) is 2. The van der Waals surface area contributed by atoms with E-state index in [9.17, 15) is 0 Å². The quantitative estimate of drug-likeness (QED) is 0.325. The number of pyridine rings is 1. The summed E-state index contributed by atoms with van der Waals surface area (Å²) >= 11 is 0. The second-order valence-electron chi connectivity index (χ2n) is 5.77. The van der Waals surface area contributed by atoms with E-state index in [1.54, 1.807) is 20.4 Å². The number of halogens is 1. The van der Waals surface area contributed by atoms with E-state index >= 15 is 0 Å². The zero-order valence-corrected chi connectivity index (χ0v) is 18.5. The number of guanidine groups is 1. The van der Waals surface area contributed by atoms with Crippen molar-refractivity contribution < 1.29 is 9.47 Å². The Morgan fingerprint density at radius 1 is 1.15 bits per heavy atom. The van der Waals surface area contributed by atoms with Crippen molar-refractivity contribution >= 4 is 29.9 Å². The highest BCUT2D eigenvalue weighted by molar-refractivity contribution is 14.0. The maximum atomic E-state index is 5.69. The Morgan fingerprint density at radius 2 is 1.93 bits per heavy atom. The molecule has 0 amide bonds. The molecule has 0 aliphatic carbocycles. The summed E-state index contributed by atoms with van der Waals surface area (Å²) in [7, 11) is 3.44. The molecule has 0 bridgehead atoms. The van der Waals surface area contributed by atoms with Crippen molar-refractivity contribution in [3.63, 3.8) is 0 Å². The lowest BCUT2D eigenvalue weighted by Gasteiger charge is -2.14. The molecule has 0 radical (unpaired) electrons. The second-order valence-corrected chi connectivity index (χ2v) is 5.77. The van der Waals surface area contributed by atoms with Crippen LogP contribution in [-0.2, 0) is 13.0 Å². The van der Waals surface area contributed by atoms with Gasteiger partial charge in [0.1, 0.15) is 5.75 Å². The van der Waals surface area contributed by atoms with Crippen molar-refractivity contribution in [2.24, 2.45) is 4.99 Å². The van der Waals surface area contributed by atoms with Gasteiger partial charge in [0.25, 0.3) is 0 Å². The van der Waals surface area contributed by atoms with Gasteiger partial charge in [0.2, 0.25) is 5.88 Å². The highest BCUT2D eigenvalue weighted by Gasteiger charge is 2.05. The molecule has 2 aromatic rings. The molecule has 0 spiro atoms. The third-order valence-corrected chi connectivity index (χ3v) is 3.83. The number of nitrogens with one attached hydrogen (secondary N) is 2. The minimum Gasteiger partial charge on any atom is -0.497 e. The fraction of sp³-hybridized carbons (Fsp3) is 0.400. The Bertz CT molecular complexity index is 693. The third-order valence-electron chi connectivity index (χ3n) is 3.83. The molecule has 0 unspecified atom stereocenters. The van der Waals surface area contributed by atoms with E-state index in [1.807, 2.05) is 24.3 Å². The largest absolute Gasteiger partial charge is 0.497 e. The maximum absolute atomic E-state index is 5.69. The highest BCUT2D eigenvalue weighted by atomic mass is 127. The average Bonchev–Trinajstić information content (AvgIpc) is 2.70. The Hall–Kier alpha value is -2.03. The number of ether oxygens (including phenoxy) is 2. The van der Waals surface area contributed by atoms with Gasteiger partial charge in [-0.1, -0.05) is 25.1 Å². The summed E-state index contributed by atoms with van der Waals surface area (Å²) in [4.78, 5) is 8.57. The van der Waals surface area contributed by atoms with E-state index in [-0.39, 0.29) is 24.0 Å². The van der Waals surface area contributed by atoms with Crippen LogP contribution in [0.4, 0.5) is 0 Å². The van der Waals surface area contributed by atoms with E-state index in [0.29, 0.717) is 19.0 Å². The standard InChI is InChI=1S/C20H28N4O2.HI/c1-4-14-26-19-17(6-5-12-22-19)15-24-20(21-2)23-13-11-16-7-9-18(25-3)10-8-16;/h5-10,12H,4,11,13-15H2,1-3H3,(H2,21,23,24);1H. The lowest BCUT2D eigenvalue weighted by atomic mass is 10.1. The summed E-state index contributed by atoms with van der Waals surface area (Å²) < 4.78 is 10.9. The number of rotatable bonds is 9. The molecule has 0 saturated heterocycles. The van der Waals surface area contributed by atoms with E-state index < -0.39 is 0 Å². The van der Waals surface area contributed by atoms with E-state index in [1.165, 1.54) is 5.56 Å². The molecule has 2 N–H and O–H groups in total. The topological polar surface area (TPSA) is 67.8 Å². The van der Waals surface area contributed by atoms with Crippen molar-refractivity contribution in [3.8, 4) is 11.6 Å². The van der Waals surface area contributed by atoms with Crippen LogP contribution >= 0.6 is 24.0 Å². The molecule has 1 heterocycles. The minimum atomic E-state index is 0. The minimum absolute atomic E-state index is 0. The summed E-state index contributed by atoms with van der Waals surface area (Å²) in [6.45, 7) is 4.14. The van der Waals surface area contributed by atoms with Crippen LogP contribution in [0.5, 0.6) is 11.6 Å². The van der Waals surface area contributed by atoms with Crippen molar-refractivity contribution in [1.82, 2.24) is 15.6 Å². The summed E-state index contributed by atoms with van der Waals surface area (Å²) in [5.74, 6) is 2.30. The first-order chi connectivity index (χ1) is 12.8. The van der Waals surface area contributed by atoms with Crippen LogP contribution in [0.3, 0.4) is 0 Å². The summed E-state index contributed by atoms with van der Waals surface area (Å²) in [5, 5.41) is 6.63. The molecule has 27 heavy (non-hydrogen) atoms. The van der Waals surface area contributed by atoms with Crippen molar-refractivity contribution in [3.05, 3.63) is 53.7 Å². The number of aromatic nitrogens is 1. The molecule has 1 aromatic carbocycles. The first kappa shape index (κ1) is 23.0. The molecule has 148 valence electrons. The monoisotopic (exact) mass is 484 g/mol. The van der Waals surface area contributed by atoms with Crippen LogP contribution in [-0.4, -0.2) is 38.3 Å². The molecular weight excluding hydrogens is 455 g/mol. The fourth-order valence-electron chi connectivity index (χ4n) is 2.40. The number of aliphatic imine (C=N–C) groups is 1. The molecule has 0 saturated carbocycles. The highest BCUT2D eigenvalue weighted by Crippen LogP contribution is 2.14. The van der Waals surface area contributed by atoms with E-state index in [0.717, 1.165) is 36.7 Å². The van der Waals surface area contributed by atoms with Crippen LogP contribution in [0.25, 0.3) is 0 Å². The lowest BCUT2D eigenvalue weighted by Crippen LogP contribution is -2.38. The van der Waals surface area contributed by atoms with Gasteiger partial charge in [-0.15, -0.1) is 24.0 Å². The van der Waals surface area contributed by atoms with Gasteiger partial charge in [0.05, 0.1) is 13.7 Å². The lowest BCUT2D eigenvalue weighted by molar-refractivity contribution is 0.301. The smallest absolute Gasteiger partial charge is 0.218 e. The average molecular weight is 484 g/mol. The van der Waals surface area contributed by atoms with Crippen molar-refractivity contribution in [1.29, 1.82) is 0 Å². The molecule has 0 aliphatic rings. The molecule has 1 aromatic heterocycles. The van der Waals surface area contributed by atoms with E-state index in [2.05, 4.69) is 39.7 Å². The van der Waals surface area contributed by atoms with Gasteiger partial charge < -0.3 is 20.1 Å². The van der Waals surface area contributed by atoms with Crippen LogP contribution in [0.2, 0.25) is 0 Å². The molecule has 0 fully saturated rings. The summed E-state index contributed by atoms with van der Waals surface area (Å²) in [6.07, 6.45) is 3.61. The number of benzene rings is 1. The Morgan fingerprint density at radius 3 is 2.59 bits per heavy atom. The SMILES string of the molecule is CCCOc1ncccc1CNC(=NC)NCCc1ccc(OC)cc1.I. The number of nitrogens with zero attached hydrogens (tertiary/aromatic N) is 2. The molecule has 0 atom stereocenters. The third kappa shape index (κ3) is 8.03. The van der Waals surface area contributed by atoms with Gasteiger partial charge in [0, 0.05) is 31.9 Å². The maximum Gasteiger partial charge on any atom is 0.218 e. The Balaban J connectivity index is 0.00000364. The molecular formula is C20H29IN4O2. The van der Waals surface area contributed by atoms with Crippen LogP contribution in [0, 0.1) is 0 Å². The van der Waals surface area contributed by atoms with Crippen LogP contribution in [0.15, 0.2) is 47.6 Å². The number of methoxy groups -OCH3 is 1.